The molecular weight excluding hydrogens is 901 g/mol. The predicted octanol–water partition coefficient (Wildman–Crippen LogP) is 13.9. The molecule has 0 spiro atoms. The minimum absolute atomic E-state index is 0.0920. The fourth-order valence-electron chi connectivity index (χ4n) is 10.3. The first-order chi connectivity index (χ1) is 34.4. The molecule has 4 aromatic carbocycles. The SMILES string of the molecule is CC(C)(C)c1cc(C2=c3ccc([nH]3)=C(c3cccc(C=O)c3)c3ccc([nH]3)C(c3cc(C(C)(C)C)cc(C(C)(C)C)c3)=c3ccc([nH]3)=C(c3cc(C(C)(C)C)cc(C(C)(C)C)c3)c3ccc2[nH]3)cc(C(C)(C)C)c1. The third kappa shape index (κ3) is 10.3. The van der Waals surface area contributed by atoms with Gasteiger partial charge in [0.05, 0.1) is 0 Å². The first-order valence-electron chi connectivity index (χ1n) is 26.7. The van der Waals surface area contributed by atoms with E-state index in [1.165, 1.54) is 33.4 Å². The highest BCUT2D eigenvalue weighted by Crippen LogP contribution is 2.38. The lowest BCUT2D eigenvalue weighted by Crippen LogP contribution is -2.21. The number of aromatic nitrogens is 4. The summed E-state index contributed by atoms with van der Waals surface area (Å²) in [6.07, 6.45) is 0.932. The van der Waals surface area contributed by atoms with E-state index in [4.69, 9.17) is 0 Å². The highest BCUT2D eigenvalue weighted by atomic mass is 16.1. The van der Waals surface area contributed by atoms with Gasteiger partial charge in [-0.1, -0.05) is 197 Å². The number of carbonyl (C=O) groups excluding carboxylic acids is 1. The number of hydrogen-bond acceptors (Lipinski definition) is 1. The van der Waals surface area contributed by atoms with Gasteiger partial charge in [0.25, 0.3) is 0 Å². The summed E-state index contributed by atoms with van der Waals surface area (Å²) < 4.78 is 0. The molecule has 8 aromatic rings. The minimum Gasteiger partial charge on any atom is -0.354 e. The first-order valence-corrected chi connectivity index (χ1v) is 26.7. The van der Waals surface area contributed by atoms with Gasteiger partial charge in [-0.15, -0.1) is 0 Å². The van der Waals surface area contributed by atoms with Crippen molar-refractivity contribution in [2.24, 2.45) is 0 Å². The third-order valence-corrected chi connectivity index (χ3v) is 15.1. The summed E-state index contributed by atoms with van der Waals surface area (Å²) in [5, 5.41) is 3.94. The van der Waals surface area contributed by atoms with E-state index < -0.39 is 0 Å². The number of nitrogens with one attached hydrogen (secondary N) is 4. The molecule has 5 heterocycles. The van der Waals surface area contributed by atoms with Crippen molar-refractivity contribution in [1.29, 1.82) is 0 Å². The predicted molar refractivity (Wildman–Crippen MR) is 311 cm³/mol. The maximum absolute atomic E-state index is 12.4. The number of hydrogen-bond donors (Lipinski definition) is 4. The van der Waals surface area contributed by atoms with Gasteiger partial charge in [0.2, 0.25) is 0 Å². The number of aromatic amines is 4. The van der Waals surface area contributed by atoms with Crippen molar-refractivity contribution >= 4 is 28.6 Å². The van der Waals surface area contributed by atoms with Crippen LogP contribution in [0.4, 0.5) is 0 Å². The van der Waals surface area contributed by atoms with Gasteiger partial charge >= 0.3 is 0 Å². The van der Waals surface area contributed by atoms with Crippen LogP contribution in [0.2, 0.25) is 0 Å². The Morgan fingerprint density at radius 1 is 0.284 bits per heavy atom. The Labute approximate surface area is 441 Å². The zero-order valence-electron chi connectivity index (χ0n) is 47.6. The summed E-state index contributed by atoms with van der Waals surface area (Å²) >= 11 is 0. The number of carbonyl (C=O) groups is 1. The van der Waals surface area contributed by atoms with Gasteiger partial charge in [-0.25, -0.2) is 0 Å². The van der Waals surface area contributed by atoms with Crippen LogP contribution < -0.4 is 21.4 Å². The molecule has 382 valence electrons. The van der Waals surface area contributed by atoms with Crippen LogP contribution in [0.15, 0.2) is 127 Å². The molecule has 9 rings (SSSR count). The molecule has 74 heavy (non-hydrogen) atoms. The van der Waals surface area contributed by atoms with Crippen molar-refractivity contribution in [3.05, 3.63) is 233 Å². The Hall–Kier alpha value is -6.85. The van der Waals surface area contributed by atoms with E-state index in [0.717, 1.165) is 95.0 Å². The fourth-order valence-corrected chi connectivity index (χ4v) is 10.3. The number of benzene rings is 4. The summed E-state index contributed by atoms with van der Waals surface area (Å²) in [4.78, 5) is 28.6. The number of H-pyrrole nitrogens is 4. The zero-order valence-corrected chi connectivity index (χ0v) is 47.6. The molecule has 0 saturated heterocycles. The van der Waals surface area contributed by atoms with Crippen molar-refractivity contribution in [3.8, 4) is 0 Å². The molecule has 5 nitrogen and oxygen atoms in total. The van der Waals surface area contributed by atoms with Crippen LogP contribution in [0.5, 0.6) is 0 Å². The molecule has 0 aliphatic carbocycles. The Balaban J connectivity index is 1.50. The highest BCUT2D eigenvalue weighted by molar-refractivity contribution is 5.87. The van der Waals surface area contributed by atoms with Gasteiger partial charge in [-0.2, -0.15) is 0 Å². The molecular formula is C69H80N4O. The van der Waals surface area contributed by atoms with E-state index in [-0.39, 0.29) is 32.5 Å². The molecule has 0 saturated carbocycles. The molecule has 0 atom stereocenters. The van der Waals surface area contributed by atoms with Gasteiger partial charge in [0, 0.05) is 72.0 Å². The molecule has 8 bridgehead atoms. The van der Waals surface area contributed by atoms with Crippen molar-refractivity contribution in [2.75, 3.05) is 0 Å². The topological polar surface area (TPSA) is 80.2 Å². The normalized spacial score (nSPS) is 14.0. The molecule has 0 amide bonds. The Morgan fingerprint density at radius 3 is 0.784 bits per heavy atom. The third-order valence-electron chi connectivity index (χ3n) is 15.1. The van der Waals surface area contributed by atoms with E-state index in [2.05, 4.69) is 254 Å². The smallest absolute Gasteiger partial charge is 0.150 e. The number of rotatable bonds is 5. The van der Waals surface area contributed by atoms with E-state index >= 15 is 0 Å². The average Bonchev–Trinajstić information content (AvgIpc) is 4.16. The Kier molecular flexibility index (Phi) is 12.8. The average molecular weight is 981 g/mol. The van der Waals surface area contributed by atoms with Crippen LogP contribution in [0.25, 0.3) is 22.3 Å². The monoisotopic (exact) mass is 981 g/mol. The lowest BCUT2D eigenvalue weighted by atomic mass is 9.78. The highest BCUT2D eigenvalue weighted by Gasteiger charge is 2.28. The maximum atomic E-state index is 12.4. The van der Waals surface area contributed by atoms with Crippen LogP contribution >= 0.6 is 0 Å². The summed E-state index contributed by atoms with van der Waals surface area (Å²) in [6.45, 7) is 41.5. The fraction of sp³-hybridized carbons (Fsp3) is 0.348. The maximum Gasteiger partial charge on any atom is 0.150 e. The second kappa shape index (κ2) is 18.2. The second-order valence-corrected chi connectivity index (χ2v) is 27.3. The van der Waals surface area contributed by atoms with Crippen molar-refractivity contribution in [1.82, 2.24) is 19.9 Å². The quantitative estimate of drug-likeness (QED) is 0.127. The molecule has 4 N–H and O–H groups in total. The van der Waals surface area contributed by atoms with Crippen molar-refractivity contribution in [2.45, 2.75) is 157 Å². The van der Waals surface area contributed by atoms with E-state index in [0.29, 0.717) is 5.56 Å². The standard InChI is InChI=1S/C69H80N4O/c1-64(2,3)46-31-43(32-47(37-46)65(4,5)6)61-54-24-22-52(70-54)60(42-21-19-20-41(30-42)40-74)53-23-25-55(71-53)62(44-33-48(66(7,8)9)38-49(34-44)67(10,11)12)57-27-29-59(73-57)63(58-28-26-56(61)72-58)45-35-50(68(13,14)15)39-51(36-45)69(16,17)18/h19-40,70-73H,1-18H3. The second-order valence-electron chi connectivity index (χ2n) is 27.3. The van der Waals surface area contributed by atoms with Gasteiger partial charge in [0.15, 0.2) is 0 Å². The van der Waals surface area contributed by atoms with E-state index in [9.17, 15) is 4.79 Å². The first kappa shape index (κ1) is 52.0. The van der Waals surface area contributed by atoms with Crippen molar-refractivity contribution in [3.63, 3.8) is 0 Å². The summed E-state index contributed by atoms with van der Waals surface area (Å²) in [5.74, 6) is 0. The van der Waals surface area contributed by atoms with Crippen LogP contribution in [0, 0.1) is 0 Å². The van der Waals surface area contributed by atoms with Crippen LogP contribution in [-0.2, 0) is 32.5 Å². The molecule has 1 aliphatic rings. The van der Waals surface area contributed by atoms with Gasteiger partial charge in [0.1, 0.15) is 6.29 Å². The van der Waals surface area contributed by atoms with E-state index in [1.54, 1.807) is 0 Å². The molecule has 5 heteroatoms. The van der Waals surface area contributed by atoms with Crippen LogP contribution in [-0.4, -0.2) is 26.2 Å². The van der Waals surface area contributed by atoms with Crippen molar-refractivity contribution < 1.29 is 4.79 Å². The lowest BCUT2D eigenvalue weighted by molar-refractivity contribution is 0.112. The number of aldehydes is 1. The lowest BCUT2D eigenvalue weighted by Gasteiger charge is -2.27. The van der Waals surface area contributed by atoms with Gasteiger partial charge in [-0.05, 0) is 143 Å². The molecule has 4 aromatic heterocycles. The van der Waals surface area contributed by atoms with E-state index in [1.807, 2.05) is 18.2 Å². The zero-order chi connectivity index (χ0) is 53.7. The van der Waals surface area contributed by atoms with Crippen LogP contribution in [0.3, 0.4) is 0 Å². The van der Waals surface area contributed by atoms with Gasteiger partial charge < -0.3 is 19.9 Å². The Bertz CT molecular complexity index is 3640. The molecule has 0 unspecified atom stereocenters. The largest absolute Gasteiger partial charge is 0.354 e. The van der Waals surface area contributed by atoms with Crippen LogP contribution in [0.1, 0.15) is 213 Å². The molecule has 0 radical (unpaired) electrons. The molecule has 0 fully saturated rings. The summed E-state index contributed by atoms with van der Waals surface area (Å²) in [5.41, 5.74) is 20.3. The van der Waals surface area contributed by atoms with Gasteiger partial charge in [-0.3, -0.25) is 4.79 Å². The Morgan fingerprint density at radius 2 is 0.541 bits per heavy atom. The minimum atomic E-state index is -0.0973. The summed E-state index contributed by atoms with van der Waals surface area (Å²) in [7, 11) is 0. The number of fused-ring (bicyclic) bond motifs is 8. The summed E-state index contributed by atoms with van der Waals surface area (Å²) in [6, 6.07) is 47.5. The molecule has 1 aliphatic heterocycles.